The van der Waals surface area contributed by atoms with E-state index in [4.69, 9.17) is 36.1 Å². The van der Waals surface area contributed by atoms with Gasteiger partial charge >= 0.3 is 0 Å². The molecule has 0 atom stereocenters. The van der Waals surface area contributed by atoms with E-state index in [1.54, 1.807) is 7.11 Å². The Morgan fingerprint density at radius 2 is 1.71 bits per heavy atom. The standard InChI is InChI=1S/C21H33ClN4O7S/c1-30-9-3-2-4-16-34(28,29)18-5-6-20(22)19(17-18)21(27)24-7-10-31-12-14-33-15-13-32-11-8-25-26-23/h5-6,17H,2-4,7-16H2,1H3,(H,24,27). The highest BCUT2D eigenvalue weighted by Crippen LogP contribution is 2.22. The quantitative estimate of drug-likeness (QED) is 0.120. The Hall–Kier alpha value is -1.92. The summed E-state index contributed by atoms with van der Waals surface area (Å²) in [6, 6.07) is 4.15. The van der Waals surface area contributed by atoms with Gasteiger partial charge in [0.15, 0.2) is 9.84 Å². The highest BCUT2D eigenvalue weighted by Gasteiger charge is 2.18. The Morgan fingerprint density at radius 3 is 2.38 bits per heavy atom. The van der Waals surface area contributed by atoms with E-state index >= 15 is 0 Å². The lowest BCUT2D eigenvalue weighted by molar-refractivity contribution is 0.0166. The lowest BCUT2D eigenvalue weighted by Gasteiger charge is -2.10. The van der Waals surface area contributed by atoms with Crippen molar-refractivity contribution in [2.24, 2.45) is 5.11 Å². The number of rotatable bonds is 20. The minimum Gasteiger partial charge on any atom is -0.385 e. The molecule has 11 nitrogen and oxygen atoms in total. The van der Waals surface area contributed by atoms with Crippen molar-refractivity contribution in [2.75, 3.05) is 72.2 Å². The summed E-state index contributed by atoms with van der Waals surface area (Å²) >= 11 is 6.11. The largest absolute Gasteiger partial charge is 0.385 e. The zero-order valence-electron chi connectivity index (χ0n) is 19.4. The topological polar surface area (TPSA) is 149 Å². The molecule has 1 aromatic carbocycles. The van der Waals surface area contributed by atoms with E-state index in [2.05, 4.69) is 15.3 Å². The molecule has 0 bridgehead atoms. The lowest BCUT2D eigenvalue weighted by Crippen LogP contribution is -2.28. The van der Waals surface area contributed by atoms with Crippen LogP contribution in [0.4, 0.5) is 0 Å². The Kier molecular flexibility index (Phi) is 16.3. The van der Waals surface area contributed by atoms with Gasteiger partial charge in [0.05, 0.1) is 60.9 Å². The Labute approximate surface area is 205 Å². The predicted molar refractivity (Wildman–Crippen MR) is 128 cm³/mol. The summed E-state index contributed by atoms with van der Waals surface area (Å²) in [5.41, 5.74) is 8.23. The van der Waals surface area contributed by atoms with Gasteiger partial charge < -0.3 is 24.3 Å². The number of amides is 1. The molecule has 13 heteroatoms. The summed E-state index contributed by atoms with van der Waals surface area (Å²) in [5, 5.41) is 6.19. The normalized spacial score (nSPS) is 11.2. The first-order valence-electron chi connectivity index (χ1n) is 11.0. The SMILES string of the molecule is COCCCCCS(=O)(=O)c1ccc(Cl)c(C(=O)NCCOCCOCCOCCN=[N+]=[N-])c1. The number of unbranched alkanes of at least 4 members (excludes halogenated alkanes) is 2. The van der Waals surface area contributed by atoms with E-state index in [-0.39, 0.29) is 40.9 Å². The van der Waals surface area contributed by atoms with E-state index < -0.39 is 15.7 Å². The number of sulfone groups is 1. The summed E-state index contributed by atoms with van der Waals surface area (Å²) in [5.74, 6) is -0.475. The molecular weight excluding hydrogens is 488 g/mol. The third-order valence-electron chi connectivity index (χ3n) is 4.48. The minimum absolute atomic E-state index is 0.00279. The van der Waals surface area contributed by atoms with Crippen LogP contribution in [0.2, 0.25) is 5.02 Å². The average Bonchev–Trinajstić information content (AvgIpc) is 2.82. The highest BCUT2D eigenvalue weighted by molar-refractivity contribution is 7.91. The van der Waals surface area contributed by atoms with E-state index in [0.717, 1.165) is 12.8 Å². The van der Waals surface area contributed by atoms with Crippen LogP contribution in [0.25, 0.3) is 10.4 Å². The van der Waals surface area contributed by atoms with Crippen molar-refractivity contribution in [3.63, 3.8) is 0 Å². The van der Waals surface area contributed by atoms with Crippen LogP contribution >= 0.6 is 11.6 Å². The van der Waals surface area contributed by atoms with Gasteiger partial charge in [-0.15, -0.1) is 0 Å². The molecule has 0 aliphatic carbocycles. The second kappa shape index (κ2) is 18.4. The summed E-state index contributed by atoms with van der Waals surface area (Å²) in [7, 11) is -1.91. The van der Waals surface area contributed by atoms with Gasteiger partial charge in [0, 0.05) is 31.7 Å². The maximum atomic E-state index is 12.6. The summed E-state index contributed by atoms with van der Waals surface area (Å²) in [4.78, 5) is 15.1. The number of hydrogen-bond donors (Lipinski definition) is 1. The van der Waals surface area contributed by atoms with Crippen LogP contribution in [0.3, 0.4) is 0 Å². The maximum absolute atomic E-state index is 12.6. The molecule has 1 aromatic rings. The number of carbonyl (C=O) groups is 1. The van der Waals surface area contributed by atoms with E-state index in [0.29, 0.717) is 46.1 Å². The van der Waals surface area contributed by atoms with Crippen LogP contribution < -0.4 is 5.32 Å². The fraction of sp³-hybridized carbons (Fsp3) is 0.667. The van der Waals surface area contributed by atoms with E-state index in [1.165, 1.54) is 18.2 Å². The zero-order valence-corrected chi connectivity index (χ0v) is 21.0. The van der Waals surface area contributed by atoms with Crippen molar-refractivity contribution in [2.45, 2.75) is 24.2 Å². The Bertz CT molecular complexity index is 880. The average molecular weight is 521 g/mol. The van der Waals surface area contributed by atoms with Gasteiger partial charge in [0.2, 0.25) is 0 Å². The van der Waals surface area contributed by atoms with Gasteiger partial charge in [0.1, 0.15) is 0 Å². The van der Waals surface area contributed by atoms with Gasteiger partial charge in [-0.25, -0.2) is 8.42 Å². The van der Waals surface area contributed by atoms with Crippen molar-refractivity contribution >= 4 is 27.3 Å². The number of benzene rings is 1. The smallest absolute Gasteiger partial charge is 0.252 e. The number of carbonyl (C=O) groups excluding carboxylic acids is 1. The second-order valence-corrected chi connectivity index (χ2v) is 9.58. The molecule has 0 saturated carbocycles. The molecule has 0 spiro atoms. The minimum atomic E-state index is -3.51. The van der Waals surface area contributed by atoms with Crippen LogP contribution in [-0.4, -0.2) is 86.5 Å². The van der Waals surface area contributed by atoms with Gasteiger partial charge in [-0.05, 0) is 36.6 Å². The van der Waals surface area contributed by atoms with Gasteiger partial charge in [0.25, 0.3) is 5.91 Å². The molecule has 34 heavy (non-hydrogen) atoms. The number of azide groups is 1. The molecule has 0 aliphatic heterocycles. The molecule has 1 N–H and O–H groups in total. The van der Waals surface area contributed by atoms with E-state index in [1.807, 2.05) is 0 Å². The molecule has 0 saturated heterocycles. The molecular formula is C21H33ClN4O7S. The molecule has 0 aliphatic rings. The molecule has 0 radical (unpaired) electrons. The van der Waals surface area contributed by atoms with Crippen LogP contribution in [0, 0.1) is 0 Å². The van der Waals surface area contributed by atoms with Crippen molar-refractivity contribution in [3.05, 3.63) is 39.2 Å². The molecule has 0 unspecified atom stereocenters. The third-order valence-corrected chi connectivity index (χ3v) is 6.61. The highest BCUT2D eigenvalue weighted by atomic mass is 35.5. The van der Waals surface area contributed by atoms with Crippen molar-refractivity contribution in [1.82, 2.24) is 5.32 Å². The van der Waals surface area contributed by atoms with Crippen molar-refractivity contribution in [1.29, 1.82) is 0 Å². The monoisotopic (exact) mass is 520 g/mol. The number of methoxy groups -OCH3 is 1. The molecule has 0 fully saturated rings. The summed E-state index contributed by atoms with van der Waals surface area (Å²) in [6.45, 7) is 3.20. The Morgan fingerprint density at radius 1 is 1.03 bits per heavy atom. The lowest BCUT2D eigenvalue weighted by atomic mass is 10.2. The van der Waals surface area contributed by atoms with Gasteiger partial charge in [-0.3, -0.25) is 4.79 Å². The first kappa shape index (κ1) is 30.1. The fourth-order valence-electron chi connectivity index (χ4n) is 2.73. The van der Waals surface area contributed by atoms with Crippen LogP contribution in [0.15, 0.2) is 28.2 Å². The number of ether oxygens (including phenoxy) is 4. The first-order valence-corrected chi connectivity index (χ1v) is 13.0. The number of nitrogens with zero attached hydrogens (tertiary/aromatic N) is 3. The van der Waals surface area contributed by atoms with Gasteiger partial charge in [-0.1, -0.05) is 23.1 Å². The second-order valence-electron chi connectivity index (χ2n) is 7.06. The van der Waals surface area contributed by atoms with E-state index in [9.17, 15) is 13.2 Å². The third kappa shape index (κ3) is 13.1. The Balaban J connectivity index is 2.30. The van der Waals surface area contributed by atoms with Crippen LogP contribution in [0.1, 0.15) is 29.6 Å². The number of hydrogen-bond acceptors (Lipinski definition) is 8. The molecule has 0 aromatic heterocycles. The van der Waals surface area contributed by atoms with Crippen LogP contribution in [0.5, 0.6) is 0 Å². The predicted octanol–water partition coefficient (Wildman–Crippen LogP) is 3.02. The fourth-order valence-corrected chi connectivity index (χ4v) is 4.32. The maximum Gasteiger partial charge on any atom is 0.252 e. The van der Waals surface area contributed by atoms with Crippen LogP contribution in [-0.2, 0) is 28.8 Å². The first-order chi connectivity index (χ1) is 16.4. The number of nitrogens with one attached hydrogen (secondary N) is 1. The molecule has 1 rings (SSSR count). The zero-order chi connectivity index (χ0) is 25.1. The van der Waals surface area contributed by atoms with Crippen molar-refractivity contribution < 1.29 is 32.2 Å². The molecule has 1 amide bonds. The number of halogens is 1. The summed E-state index contributed by atoms with van der Waals surface area (Å²) in [6.07, 6.45) is 2.05. The summed E-state index contributed by atoms with van der Waals surface area (Å²) < 4.78 is 46.0. The van der Waals surface area contributed by atoms with Crippen molar-refractivity contribution in [3.8, 4) is 0 Å². The van der Waals surface area contributed by atoms with Gasteiger partial charge in [-0.2, -0.15) is 0 Å². The molecule has 192 valence electrons. The molecule has 0 heterocycles.